The van der Waals surface area contributed by atoms with E-state index in [0.717, 1.165) is 6.42 Å². The molecule has 0 N–H and O–H groups in total. The zero-order valence-electron chi connectivity index (χ0n) is 20.8. The lowest BCUT2D eigenvalue weighted by Gasteiger charge is -2.16. The van der Waals surface area contributed by atoms with E-state index in [2.05, 4.69) is 15.9 Å². The number of hydrogen-bond acceptors (Lipinski definition) is 2. The number of unbranched alkanes of at least 4 members (excludes halogenated alkanes) is 19. The van der Waals surface area contributed by atoms with Crippen LogP contribution in [0.4, 0.5) is 0 Å². The molecule has 2 nitrogen and oxygen atoms in total. The molecule has 0 aromatic rings. The zero-order valence-corrected chi connectivity index (χ0v) is 22.3. The van der Waals surface area contributed by atoms with E-state index in [1.165, 1.54) is 127 Å². The van der Waals surface area contributed by atoms with Crippen LogP contribution < -0.4 is 0 Å². The standard InChI is InChI=1S/C27H53BrO2/c1-27(2,3)26(29)30-25-23-21-19-17-15-13-11-9-7-5-4-6-8-10-12-14-16-18-20-22-24-28/h4-25H2,1-3H3. The Hall–Kier alpha value is -0.0500. The summed E-state index contributed by atoms with van der Waals surface area (Å²) in [5.74, 6) is -0.0747. The van der Waals surface area contributed by atoms with Gasteiger partial charge in [0.1, 0.15) is 0 Å². The average molecular weight is 490 g/mol. The van der Waals surface area contributed by atoms with Crippen LogP contribution in [0.25, 0.3) is 0 Å². The van der Waals surface area contributed by atoms with E-state index in [1.807, 2.05) is 20.8 Å². The molecule has 0 fully saturated rings. The van der Waals surface area contributed by atoms with Gasteiger partial charge < -0.3 is 4.74 Å². The molecule has 0 heterocycles. The van der Waals surface area contributed by atoms with Gasteiger partial charge >= 0.3 is 5.97 Å². The number of esters is 1. The molecule has 0 aliphatic carbocycles. The molecule has 0 saturated carbocycles. The van der Waals surface area contributed by atoms with Crippen LogP contribution in [-0.4, -0.2) is 17.9 Å². The van der Waals surface area contributed by atoms with Gasteiger partial charge in [-0.2, -0.15) is 0 Å². The number of hydrogen-bond donors (Lipinski definition) is 0. The normalized spacial score (nSPS) is 11.7. The molecule has 0 unspecified atom stereocenters. The van der Waals surface area contributed by atoms with E-state index >= 15 is 0 Å². The van der Waals surface area contributed by atoms with Crippen LogP contribution in [0, 0.1) is 5.41 Å². The summed E-state index contributed by atoms with van der Waals surface area (Å²) in [4.78, 5) is 11.7. The van der Waals surface area contributed by atoms with E-state index < -0.39 is 0 Å². The van der Waals surface area contributed by atoms with E-state index in [4.69, 9.17) is 4.74 Å². The number of carbonyl (C=O) groups excluding carboxylic acids is 1. The quantitative estimate of drug-likeness (QED) is 0.0859. The van der Waals surface area contributed by atoms with Gasteiger partial charge in [0.25, 0.3) is 0 Å². The third-order valence-corrected chi connectivity index (χ3v) is 6.43. The summed E-state index contributed by atoms with van der Waals surface area (Å²) in [6.45, 7) is 6.32. The van der Waals surface area contributed by atoms with Crippen LogP contribution in [0.1, 0.15) is 149 Å². The van der Waals surface area contributed by atoms with Gasteiger partial charge in [0, 0.05) is 5.33 Å². The predicted molar refractivity (Wildman–Crippen MR) is 137 cm³/mol. The zero-order chi connectivity index (χ0) is 22.3. The van der Waals surface area contributed by atoms with Crippen LogP contribution in [0.2, 0.25) is 0 Å². The van der Waals surface area contributed by atoms with Gasteiger partial charge in [-0.3, -0.25) is 4.79 Å². The first kappa shape index (κ1) is 29.9. The second-order valence-electron chi connectivity index (χ2n) is 10.1. The van der Waals surface area contributed by atoms with Crippen molar-refractivity contribution >= 4 is 21.9 Å². The summed E-state index contributed by atoms with van der Waals surface area (Å²) >= 11 is 3.50. The monoisotopic (exact) mass is 488 g/mol. The molecular weight excluding hydrogens is 436 g/mol. The molecule has 0 bridgehead atoms. The third kappa shape index (κ3) is 22.6. The van der Waals surface area contributed by atoms with Gasteiger partial charge in [0.15, 0.2) is 0 Å². The first-order valence-corrected chi connectivity index (χ1v) is 14.3. The van der Waals surface area contributed by atoms with Crippen LogP contribution >= 0.6 is 15.9 Å². The molecular formula is C27H53BrO2. The van der Waals surface area contributed by atoms with E-state index in [1.54, 1.807) is 0 Å². The topological polar surface area (TPSA) is 26.3 Å². The molecule has 0 aliphatic heterocycles. The summed E-state index contributed by atoms with van der Waals surface area (Å²) in [5, 5.41) is 1.17. The largest absolute Gasteiger partial charge is 0.465 e. The van der Waals surface area contributed by atoms with Crippen molar-refractivity contribution in [2.24, 2.45) is 5.41 Å². The number of rotatable bonds is 22. The highest BCUT2D eigenvalue weighted by molar-refractivity contribution is 9.09. The van der Waals surface area contributed by atoms with Gasteiger partial charge in [-0.05, 0) is 33.6 Å². The molecule has 0 amide bonds. The minimum Gasteiger partial charge on any atom is -0.465 e. The summed E-state index contributed by atoms with van der Waals surface area (Å²) in [6.07, 6.45) is 27.7. The molecule has 0 aromatic carbocycles. The first-order valence-electron chi connectivity index (χ1n) is 13.2. The van der Waals surface area contributed by atoms with Crippen molar-refractivity contribution in [1.82, 2.24) is 0 Å². The van der Waals surface area contributed by atoms with Crippen molar-refractivity contribution < 1.29 is 9.53 Å². The fourth-order valence-electron chi connectivity index (χ4n) is 3.76. The highest BCUT2D eigenvalue weighted by Gasteiger charge is 2.22. The SMILES string of the molecule is CC(C)(C)C(=O)OCCCCCCCCCCCCCCCCCCCCCCBr. The maximum Gasteiger partial charge on any atom is 0.311 e. The Labute approximate surface area is 197 Å². The molecule has 0 aromatic heterocycles. The van der Waals surface area contributed by atoms with Gasteiger partial charge in [-0.15, -0.1) is 0 Å². The second kappa shape index (κ2) is 22.2. The number of carbonyl (C=O) groups is 1. The molecule has 0 aliphatic rings. The maximum absolute atomic E-state index is 11.7. The molecule has 0 radical (unpaired) electrons. The molecule has 180 valence electrons. The highest BCUT2D eigenvalue weighted by atomic mass is 79.9. The Kier molecular flexibility index (Phi) is 22.1. The van der Waals surface area contributed by atoms with Gasteiger partial charge in [-0.1, -0.05) is 132 Å². The molecule has 0 rings (SSSR count). The Morgan fingerprint density at radius 2 is 0.800 bits per heavy atom. The number of ether oxygens (including phenoxy) is 1. The summed E-state index contributed by atoms with van der Waals surface area (Å²) in [6, 6.07) is 0. The highest BCUT2D eigenvalue weighted by Crippen LogP contribution is 2.17. The fraction of sp³-hybridized carbons (Fsp3) is 0.963. The summed E-state index contributed by atoms with van der Waals surface area (Å²) in [7, 11) is 0. The predicted octanol–water partition coefficient (Wildman–Crippen LogP) is 9.77. The smallest absolute Gasteiger partial charge is 0.311 e. The Balaban J connectivity index is 3.09. The third-order valence-electron chi connectivity index (χ3n) is 5.87. The van der Waals surface area contributed by atoms with Crippen LogP contribution in [0.15, 0.2) is 0 Å². The van der Waals surface area contributed by atoms with Crippen molar-refractivity contribution in [3.63, 3.8) is 0 Å². The molecule has 0 atom stereocenters. The lowest BCUT2D eigenvalue weighted by atomic mass is 9.97. The number of halogens is 1. The molecule has 0 saturated heterocycles. The van der Waals surface area contributed by atoms with Crippen molar-refractivity contribution in [3.05, 3.63) is 0 Å². The minimum atomic E-state index is -0.369. The van der Waals surface area contributed by atoms with E-state index in [-0.39, 0.29) is 11.4 Å². The summed E-state index contributed by atoms with van der Waals surface area (Å²) in [5.41, 5.74) is -0.369. The number of alkyl halides is 1. The van der Waals surface area contributed by atoms with Gasteiger partial charge in [0.2, 0.25) is 0 Å². The van der Waals surface area contributed by atoms with E-state index in [9.17, 15) is 4.79 Å². The lowest BCUT2D eigenvalue weighted by Crippen LogP contribution is -2.23. The van der Waals surface area contributed by atoms with Crippen LogP contribution in [0.3, 0.4) is 0 Å². The van der Waals surface area contributed by atoms with Crippen molar-refractivity contribution in [1.29, 1.82) is 0 Å². The molecule has 0 spiro atoms. The fourth-order valence-corrected chi connectivity index (χ4v) is 4.16. The minimum absolute atomic E-state index is 0.0747. The van der Waals surface area contributed by atoms with E-state index in [0.29, 0.717) is 6.61 Å². The average Bonchev–Trinajstić information content (AvgIpc) is 2.71. The van der Waals surface area contributed by atoms with Crippen molar-refractivity contribution in [2.75, 3.05) is 11.9 Å². The second-order valence-corrected chi connectivity index (χ2v) is 10.9. The first-order chi connectivity index (χ1) is 14.5. The molecule has 3 heteroatoms. The Morgan fingerprint density at radius 1 is 0.533 bits per heavy atom. The molecule has 30 heavy (non-hydrogen) atoms. The Morgan fingerprint density at radius 3 is 1.07 bits per heavy atom. The van der Waals surface area contributed by atoms with Crippen molar-refractivity contribution in [3.8, 4) is 0 Å². The Bertz CT molecular complexity index is 362. The summed E-state index contributed by atoms with van der Waals surface area (Å²) < 4.78 is 5.31. The van der Waals surface area contributed by atoms with Crippen molar-refractivity contribution in [2.45, 2.75) is 149 Å². The lowest BCUT2D eigenvalue weighted by molar-refractivity contribution is -0.153. The van der Waals surface area contributed by atoms with Crippen LogP contribution in [0.5, 0.6) is 0 Å². The van der Waals surface area contributed by atoms with Crippen LogP contribution in [-0.2, 0) is 9.53 Å². The van der Waals surface area contributed by atoms with Gasteiger partial charge in [-0.25, -0.2) is 0 Å². The maximum atomic E-state index is 11.7. The van der Waals surface area contributed by atoms with Gasteiger partial charge in [0.05, 0.1) is 12.0 Å².